The largest absolute Gasteiger partial charge is 0.323 e. The third-order valence-corrected chi connectivity index (χ3v) is 4.74. The molecule has 2 aromatic heterocycles. The monoisotopic (exact) mass is 379 g/mol. The van der Waals surface area contributed by atoms with Gasteiger partial charge in [-0.15, -0.1) is 0 Å². The molecular formula is C20H18ClN5O. The van der Waals surface area contributed by atoms with Crippen LogP contribution in [0.5, 0.6) is 0 Å². The van der Waals surface area contributed by atoms with E-state index in [4.69, 9.17) is 17.3 Å². The minimum absolute atomic E-state index is 0.0988. The van der Waals surface area contributed by atoms with Gasteiger partial charge in [-0.3, -0.25) is 15.6 Å². The molecule has 2 aromatic carbocycles. The first-order valence-corrected chi connectivity index (χ1v) is 8.92. The van der Waals surface area contributed by atoms with E-state index in [2.05, 4.69) is 15.8 Å². The highest BCUT2D eigenvalue weighted by Gasteiger charge is 2.15. The van der Waals surface area contributed by atoms with E-state index in [1.165, 1.54) is 0 Å². The first-order chi connectivity index (χ1) is 13.1. The summed E-state index contributed by atoms with van der Waals surface area (Å²) in [6, 6.07) is 18.5. The van der Waals surface area contributed by atoms with Crippen LogP contribution in [0.1, 0.15) is 18.0 Å². The number of benzene rings is 2. The van der Waals surface area contributed by atoms with Crippen molar-refractivity contribution in [1.82, 2.24) is 14.8 Å². The van der Waals surface area contributed by atoms with E-state index in [9.17, 15) is 4.79 Å². The van der Waals surface area contributed by atoms with Crippen molar-refractivity contribution < 1.29 is 4.79 Å². The Labute approximate surface area is 160 Å². The number of nitrogens with one attached hydrogen (secondary N) is 2. The minimum atomic E-state index is -0.488. The maximum absolute atomic E-state index is 12.3. The molecule has 1 atom stereocenters. The van der Waals surface area contributed by atoms with Crippen molar-refractivity contribution in [3.63, 3.8) is 0 Å². The zero-order chi connectivity index (χ0) is 18.8. The number of aromatic nitrogens is 2. The van der Waals surface area contributed by atoms with Crippen LogP contribution in [0.3, 0.4) is 0 Å². The topological polar surface area (TPSA) is 84.5 Å². The minimum Gasteiger partial charge on any atom is -0.323 e. The number of carbonyl (C=O) groups is 1. The van der Waals surface area contributed by atoms with E-state index >= 15 is 0 Å². The van der Waals surface area contributed by atoms with E-state index in [-0.39, 0.29) is 12.3 Å². The van der Waals surface area contributed by atoms with Crippen LogP contribution in [0.15, 0.2) is 66.9 Å². The molecule has 136 valence electrons. The summed E-state index contributed by atoms with van der Waals surface area (Å²) in [5.41, 5.74) is 15.1. The van der Waals surface area contributed by atoms with Crippen LogP contribution >= 0.6 is 11.6 Å². The molecule has 1 unspecified atom stereocenters. The molecule has 1 amide bonds. The van der Waals surface area contributed by atoms with Gasteiger partial charge in [0.25, 0.3) is 0 Å². The number of amides is 1. The number of anilines is 1. The van der Waals surface area contributed by atoms with E-state index in [0.29, 0.717) is 10.8 Å². The molecule has 0 saturated heterocycles. The maximum Gasteiger partial charge on any atom is 0.240 e. The molecule has 4 rings (SSSR count). The van der Waals surface area contributed by atoms with Gasteiger partial charge in [-0.2, -0.15) is 0 Å². The summed E-state index contributed by atoms with van der Waals surface area (Å²) in [5, 5.41) is 0.553. The third kappa shape index (κ3) is 3.45. The fourth-order valence-corrected chi connectivity index (χ4v) is 3.36. The van der Waals surface area contributed by atoms with E-state index in [1.54, 1.807) is 6.07 Å². The van der Waals surface area contributed by atoms with Gasteiger partial charge in [0.05, 0.1) is 16.6 Å². The average Bonchev–Trinajstić information content (AvgIpc) is 3.16. The first-order valence-electron chi connectivity index (χ1n) is 8.54. The zero-order valence-electron chi connectivity index (χ0n) is 14.4. The molecular weight excluding hydrogens is 362 g/mol. The molecule has 0 bridgehead atoms. The lowest BCUT2D eigenvalue weighted by atomic mass is 10.0. The highest BCUT2D eigenvalue weighted by atomic mass is 35.5. The molecule has 0 spiro atoms. The summed E-state index contributed by atoms with van der Waals surface area (Å²) in [6.07, 6.45) is 2.06. The summed E-state index contributed by atoms with van der Waals surface area (Å²) >= 11 is 6.14. The summed E-state index contributed by atoms with van der Waals surface area (Å²) in [7, 11) is 0. The molecule has 7 heteroatoms. The molecule has 4 N–H and O–H groups in total. The molecule has 0 aliphatic carbocycles. The summed E-state index contributed by atoms with van der Waals surface area (Å²) < 4.78 is 2.02. The lowest BCUT2D eigenvalue weighted by Gasteiger charge is -2.15. The predicted octanol–water partition coefficient (Wildman–Crippen LogP) is 3.67. The number of fused-ring (bicyclic) bond motifs is 3. The Bertz CT molecular complexity index is 1120. The van der Waals surface area contributed by atoms with Crippen LogP contribution in [0.25, 0.3) is 16.6 Å². The second-order valence-corrected chi connectivity index (χ2v) is 6.63. The number of hydrogen-bond donors (Lipinski definition) is 3. The predicted molar refractivity (Wildman–Crippen MR) is 107 cm³/mol. The Kier molecular flexibility index (Phi) is 4.66. The van der Waals surface area contributed by atoms with Crippen LogP contribution in [0, 0.1) is 0 Å². The zero-order valence-corrected chi connectivity index (χ0v) is 15.1. The number of nitrogens with two attached hydrogens (primary N) is 1. The molecule has 2 heterocycles. The quantitative estimate of drug-likeness (QED) is 0.462. The molecule has 0 radical (unpaired) electrons. The van der Waals surface area contributed by atoms with Crippen LogP contribution < -0.4 is 16.6 Å². The van der Waals surface area contributed by atoms with Crippen molar-refractivity contribution >= 4 is 39.9 Å². The number of para-hydroxylation sites is 2. The molecule has 0 saturated carbocycles. The van der Waals surface area contributed by atoms with Gasteiger partial charge in [-0.25, -0.2) is 4.98 Å². The number of nitrogens with zero attached hydrogens (tertiary/aromatic N) is 2. The molecule has 27 heavy (non-hydrogen) atoms. The van der Waals surface area contributed by atoms with Crippen molar-refractivity contribution in [2.75, 3.05) is 5.43 Å². The Balaban J connectivity index is 1.50. The maximum atomic E-state index is 12.3. The van der Waals surface area contributed by atoms with Crippen molar-refractivity contribution in [2.45, 2.75) is 12.5 Å². The van der Waals surface area contributed by atoms with Crippen LogP contribution in [0.4, 0.5) is 5.82 Å². The third-order valence-electron chi connectivity index (χ3n) is 4.40. The van der Waals surface area contributed by atoms with E-state index < -0.39 is 6.04 Å². The number of hydrazine groups is 1. The number of rotatable bonds is 5. The van der Waals surface area contributed by atoms with Crippen molar-refractivity contribution in [3.05, 3.63) is 77.4 Å². The highest BCUT2D eigenvalue weighted by Crippen LogP contribution is 2.24. The fourth-order valence-electron chi connectivity index (χ4n) is 3.08. The molecule has 0 aliphatic rings. The van der Waals surface area contributed by atoms with Gasteiger partial charge in [0.15, 0.2) is 5.82 Å². The van der Waals surface area contributed by atoms with Gasteiger partial charge >= 0.3 is 0 Å². The average molecular weight is 380 g/mol. The fraction of sp³-hybridized carbons (Fsp3) is 0.100. The molecule has 0 fully saturated rings. The normalized spacial score (nSPS) is 12.2. The Morgan fingerprint density at radius 3 is 2.67 bits per heavy atom. The Hall–Kier alpha value is -3.09. The van der Waals surface area contributed by atoms with Crippen molar-refractivity contribution in [1.29, 1.82) is 0 Å². The van der Waals surface area contributed by atoms with Gasteiger partial charge in [-0.1, -0.05) is 41.9 Å². The molecule has 4 aromatic rings. The smallest absolute Gasteiger partial charge is 0.240 e. The van der Waals surface area contributed by atoms with Crippen LogP contribution in [-0.4, -0.2) is 15.3 Å². The Morgan fingerprint density at radius 2 is 1.81 bits per heavy atom. The number of carbonyl (C=O) groups excluding carboxylic acids is 1. The van der Waals surface area contributed by atoms with Gasteiger partial charge < -0.3 is 10.1 Å². The van der Waals surface area contributed by atoms with Crippen LogP contribution in [0.2, 0.25) is 5.02 Å². The molecule has 0 aliphatic heterocycles. The standard InChI is InChI=1S/C20H18ClN5O/c21-14-7-2-1-6-13(14)15(22)12-19(27)24-25-20-18-10-5-11-26(18)17-9-4-3-8-16(17)23-20/h1-11,15H,12,22H2,(H,23,25)(H,24,27). The summed E-state index contributed by atoms with van der Waals surface area (Å²) in [4.78, 5) is 16.9. The lowest BCUT2D eigenvalue weighted by Crippen LogP contribution is -2.32. The van der Waals surface area contributed by atoms with Crippen molar-refractivity contribution in [2.24, 2.45) is 5.73 Å². The van der Waals surface area contributed by atoms with E-state index in [1.807, 2.05) is 65.2 Å². The molecule has 6 nitrogen and oxygen atoms in total. The lowest BCUT2D eigenvalue weighted by molar-refractivity contribution is -0.120. The van der Waals surface area contributed by atoms with Crippen molar-refractivity contribution in [3.8, 4) is 0 Å². The van der Waals surface area contributed by atoms with Gasteiger partial charge in [0, 0.05) is 23.7 Å². The summed E-state index contributed by atoms with van der Waals surface area (Å²) in [6.45, 7) is 0. The Morgan fingerprint density at radius 1 is 1.07 bits per heavy atom. The summed E-state index contributed by atoms with van der Waals surface area (Å²) in [5.74, 6) is 0.320. The second-order valence-electron chi connectivity index (χ2n) is 6.22. The first kappa shape index (κ1) is 17.3. The van der Waals surface area contributed by atoms with E-state index in [0.717, 1.165) is 22.1 Å². The van der Waals surface area contributed by atoms with Gasteiger partial charge in [0.2, 0.25) is 5.91 Å². The van der Waals surface area contributed by atoms with Gasteiger partial charge in [-0.05, 0) is 35.9 Å². The number of halogens is 1. The number of hydrogen-bond acceptors (Lipinski definition) is 4. The van der Waals surface area contributed by atoms with Crippen LogP contribution in [-0.2, 0) is 4.79 Å². The SMILES string of the molecule is NC(CC(=O)NNc1nc2ccccc2n2cccc12)c1ccccc1Cl. The van der Waals surface area contributed by atoms with Gasteiger partial charge in [0.1, 0.15) is 0 Å². The second kappa shape index (κ2) is 7.26. The highest BCUT2D eigenvalue weighted by molar-refractivity contribution is 6.31.